The fourth-order valence-corrected chi connectivity index (χ4v) is 1.79. The molecule has 0 fully saturated rings. The average Bonchev–Trinajstić information content (AvgIpc) is 2.98. The maximum Gasteiger partial charge on any atom is 0.333 e. The Balaban J connectivity index is 2.08. The summed E-state index contributed by atoms with van der Waals surface area (Å²) < 4.78 is 10.0. The van der Waals surface area contributed by atoms with Gasteiger partial charge in [0.1, 0.15) is 5.69 Å². The number of aromatic nitrogens is 2. The van der Waals surface area contributed by atoms with Crippen molar-refractivity contribution in [1.82, 2.24) is 10.1 Å². The van der Waals surface area contributed by atoms with Gasteiger partial charge in [-0.05, 0) is 18.6 Å². The predicted octanol–water partition coefficient (Wildman–Crippen LogP) is 2.42. The van der Waals surface area contributed by atoms with Crippen LogP contribution in [0.25, 0.3) is 0 Å². The third kappa shape index (κ3) is 3.91. The highest BCUT2D eigenvalue weighted by molar-refractivity contribution is 5.68. The van der Waals surface area contributed by atoms with Gasteiger partial charge in [-0.3, -0.25) is 10.1 Å². The maximum atomic E-state index is 11.2. The molecule has 0 amide bonds. The van der Waals surface area contributed by atoms with Gasteiger partial charge in [-0.2, -0.15) is 4.98 Å². The van der Waals surface area contributed by atoms with E-state index < -0.39 is 4.92 Å². The lowest BCUT2D eigenvalue weighted by atomic mass is 10.2. The molecule has 2 aromatic rings. The van der Waals surface area contributed by atoms with E-state index in [0.29, 0.717) is 31.1 Å². The molecule has 1 heterocycles. The third-order valence-electron chi connectivity index (χ3n) is 2.71. The molecule has 0 aliphatic heterocycles. The van der Waals surface area contributed by atoms with Crippen LogP contribution >= 0.6 is 0 Å². The first-order chi connectivity index (χ1) is 10.2. The summed E-state index contributed by atoms with van der Waals surface area (Å²) in [6.45, 7) is 2.84. The number of nitro groups is 1. The lowest BCUT2D eigenvalue weighted by molar-refractivity contribution is -0.385. The second-order valence-corrected chi connectivity index (χ2v) is 4.28. The van der Waals surface area contributed by atoms with Gasteiger partial charge in [0, 0.05) is 13.0 Å². The minimum absolute atomic E-state index is 0.0564. The monoisotopic (exact) mass is 292 g/mol. The summed E-state index contributed by atoms with van der Waals surface area (Å²) in [5.41, 5.74) is 0.358. The number of para-hydroxylation sites is 1. The number of nitrogens with one attached hydrogen (secondary N) is 1. The second-order valence-electron chi connectivity index (χ2n) is 4.28. The molecule has 1 aromatic heterocycles. The van der Waals surface area contributed by atoms with Gasteiger partial charge < -0.3 is 14.6 Å². The number of ether oxygens (including phenoxy) is 1. The van der Waals surface area contributed by atoms with Gasteiger partial charge in [-0.25, -0.2) is 0 Å². The van der Waals surface area contributed by atoms with Gasteiger partial charge >= 0.3 is 5.69 Å². The largest absolute Gasteiger partial charge is 0.487 e. The number of hydrogen-bond donors (Lipinski definition) is 1. The van der Waals surface area contributed by atoms with Gasteiger partial charge in [-0.1, -0.05) is 18.1 Å². The molecule has 0 unspecified atom stereocenters. The van der Waals surface area contributed by atoms with Gasteiger partial charge in [0.15, 0.2) is 11.6 Å². The van der Waals surface area contributed by atoms with Crippen LogP contribution < -0.4 is 10.1 Å². The number of anilines is 1. The molecule has 0 spiro atoms. The molecule has 0 radical (unpaired) electrons. The van der Waals surface area contributed by atoms with Crippen molar-refractivity contribution >= 4 is 11.4 Å². The molecule has 112 valence electrons. The molecule has 2 rings (SSSR count). The molecule has 8 heteroatoms. The summed E-state index contributed by atoms with van der Waals surface area (Å²) in [4.78, 5) is 14.7. The van der Waals surface area contributed by atoms with Crippen molar-refractivity contribution in [3.63, 3.8) is 0 Å². The zero-order chi connectivity index (χ0) is 15.1. The fourth-order valence-electron chi connectivity index (χ4n) is 1.79. The minimum atomic E-state index is -0.443. The Bertz CT molecular complexity index is 586. The van der Waals surface area contributed by atoms with Crippen LogP contribution in [-0.4, -0.2) is 28.2 Å². The van der Waals surface area contributed by atoms with Crippen molar-refractivity contribution in [2.45, 2.75) is 19.8 Å². The molecule has 0 aliphatic carbocycles. The van der Waals surface area contributed by atoms with Gasteiger partial charge in [0.2, 0.25) is 6.39 Å². The number of hydrogen-bond acceptors (Lipinski definition) is 7. The number of nitro benzene ring substituents is 1. The van der Waals surface area contributed by atoms with E-state index >= 15 is 0 Å². The Kier molecular flexibility index (Phi) is 5.08. The Morgan fingerprint density at radius 3 is 3.00 bits per heavy atom. The summed E-state index contributed by atoms with van der Waals surface area (Å²) in [5, 5.41) is 17.9. The maximum absolute atomic E-state index is 11.2. The molecule has 0 aliphatic rings. The van der Waals surface area contributed by atoms with Crippen LogP contribution in [0.1, 0.15) is 19.2 Å². The van der Waals surface area contributed by atoms with E-state index in [0.717, 1.165) is 6.42 Å². The van der Waals surface area contributed by atoms with Gasteiger partial charge in [-0.15, -0.1) is 0 Å². The topological polar surface area (TPSA) is 103 Å². The second kappa shape index (κ2) is 7.22. The Hall–Kier alpha value is -2.64. The Morgan fingerprint density at radius 2 is 2.33 bits per heavy atom. The molecular formula is C13H16N4O4. The number of nitrogens with zero attached hydrogens (tertiary/aromatic N) is 3. The molecule has 0 atom stereocenters. The number of benzene rings is 1. The molecule has 0 saturated heterocycles. The van der Waals surface area contributed by atoms with E-state index in [9.17, 15) is 10.1 Å². The van der Waals surface area contributed by atoms with E-state index in [-0.39, 0.29) is 11.4 Å². The Labute approximate surface area is 121 Å². The number of rotatable bonds is 8. The minimum Gasteiger partial charge on any atom is -0.487 e. The average molecular weight is 292 g/mol. The van der Waals surface area contributed by atoms with Crippen LogP contribution in [0.5, 0.6) is 5.75 Å². The summed E-state index contributed by atoms with van der Waals surface area (Å²) in [6.07, 6.45) is 2.54. The zero-order valence-corrected chi connectivity index (χ0v) is 11.6. The van der Waals surface area contributed by atoms with E-state index in [4.69, 9.17) is 4.74 Å². The van der Waals surface area contributed by atoms with E-state index in [1.54, 1.807) is 18.2 Å². The van der Waals surface area contributed by atoms with E-state index in [2.05, 4.69) is 20.0 Å². The third-order valence-corrected chi connectivity index (χ3v) is 2.71. The molecule has 21 heavy (non-hydrogen) atoms. The van der Waals surface area contributed by atoms with Crippen molar-refractivity contribution < 1.29 is 14.2 Å². The summed E-state index contributed by atoms with van der Waals surface area (Å²) in [6, 6.07) is 4.96. The lowest BCUT2D eigenvalue weighted by Gasteiger charge is -2.10. The lowest BCUT2D eigenvalue weighted by Crippen LogP contribution is -2.09. The molecular weight excluding hydrogens is 276 g/mol. The standard InChI is InChI=1S/C13H16N4O4/c1-2-8-20-11-5-3-4-10(13(11)17(18)19)14-7-6-12-15-9-21-16-12/h3-5,9,14H,2,6-8H2,1H3. The first-order valence-corrected chi connectivity index (χ1v) is 6.61. The zero-order valence-electron chi connectivity index (χ0n) is 11.6. The highest BCUT2D eigenvalue weighted by Crippen LogP contribution is 2.34. The van der Waals surface area contributed by atoms with Crippen LogP contribution in [0.3, 0.4) is 0 Å². The van der Waals surface area contributed by atoms with Crippen LogP contribution in [0.4, 0.5) is 11.4 Å². The summed E-state index contributed by atoms with van der Waals surface area (Å²) in [7, 11) is 0. The Morgan fingerprint density at radius 1 is 1.48 bits per heavy atom. The van der Waals surface area contributed by atoms with Crippen molar-refractivity contribution in [2.75, 3.05) is 18.5 Å². The quantitative estimate of drug-likeness (QED) is 0.588. The van der Waals surface area contributed by atoms with Gasteiger partial charge in [0.05, 0.1) is 11.5 Å². The van der Waals surface area contributed by atoms with Crippen LogP contribution in [-0.2, 0) is 6.42 Å². The summed E-state index contributed by atoms with van der Waals surface area (Å²) in [5.74, 6) is 0.815. The van der Waals surface area contributed by atoms with Crippen molar-refractivity contribution in [3.8, 4) is 5.75 Å². The highest BCUT2D eigenvalue weighted by Gasteiger charge is 2.20. The fraction of sp³-hybridized carbons (Fsp3) is 0.385. The van der Waals surface area contributed by atoms with Crippen molar-refractivity contribution in [2.24, 2.45) is 0 Å². The molecule has 0 bridgehead atoms. The SMILES string of the molecule is CCCOc1cccc(NCCc2ncon2)c1[N+](=O)[O-]. The first kappa shape index (κ1) is 14.8. The normalized spacial score (nSPS) is 10.3. The molecule has 1 aromatic carbocycles. The van der Waals surface area contributed by atoms with Crippen molar-refractivity contribution in [3.05, 3.63) is 40.5 Å². The van der Waals surface area contributed by atoms with E-state index in [1.807, 2.05) is 6.92 Å². The molecule has 0 saturated carbocycles. The van der Waals surface area contributed by atoms with Crippen LogP contribution in [0.2, 0.25) is 0 Å². The van der Waals surface area contributed by atoms with E-state index in [1.165, 1.54) is 6.39 Å². The summed E-state index contributed by atoms with van der Waals surface area (Å²) >= 11 is 0. The van der Waals surface area contributed by atoms with Crippen molar-refractivity contribution in [1.29, 1.82) is 0 Å². The van der Waals surface area contributed by atoms with Crippen LogP contribution in [0, 0.1) is 10.1 Å². The molecule has 8 nitrogen and oxygen atoms in total. The molecule has 1 N–H and O–H groups in total. The van der Waals surface area contributed by atoms with Gasteiger partial charge in [0.25, 0.3) is 0 Å². The smallest absolute Gasteiger partial charge is 0.333 e. The predicted molar refractivity (Wildman–Crippen MR) is 75.4 cm³/mol. The first-order valence-electron chi connectivity index (χ1n) is 6.61. The van der Waals surface area contributed by atoms with Crippen LogP contribution in [0.15, 0.2) is 29.1 Å². The highest BCUT2D eigenvalue weighted by atomic mass is 16.6.